The van der Waals surface area contributed by atoms with Gasteiger partial charge in [-0.3, -0.25) is 0 Å². The molecule has 1 heterocycles. The monoisotopic (exact) mass is 336 g/mol. The number of hydrogen-bond donors (Lipinski definition) is 0. The second-order valence-electron chi connectivity index (χ2n) is 5.62. The summed E-state index contributed by atoms with van der Waals surface area (Å²) in [6.07, 6.45) is 0. The van der Waals surface area contributed by atoms with E-state index < -0.39 is 0 Å². The van der Waals surface area contributed by atoms with Gasteiger partial charge in [0.2, 0.25) is 5.88 Å². The van der Waals surface area contributed by atoms with E-state index in [1.165, 1.54) is 10.5 Å². The van der Waals surface area contributed by atoms with Crippen LogP contribution in [0.25, 0.3) is 0 Å². The van der Waals surface area contributed by atoms with Crippen LogP contribution in [-0.4, -0.2) is 9.97 Å². The predicted molar refractivity (Wildman–Crippen MR) is 98.3 cm³/mol. The number of hydrogen-bond acceptors (Lipinski definition) is 4. The van der Waals surface area contributed by atoms with E-state index in [-0.39, 0.29) is 0 Å². The summed E-state index contributed by atoms with van der Waals surface area (Å²) < 4.78 is 5.85. The average molecular weight is 336 g/mol. The molecule has 122 valence electrons. The number of rotatable bonds is 6. The molecule has 4 heteroatoms. The molecule has 0 aliphatic heterocycles. The summed E-state index contributed by atoms with van der Waals surface area (Å²) in [7, 11) is 0. The van der Waals surface area contributed by atoms with E-state index >= 15 is 0 Å². The molecule has 24 heavy (non-hydrogen) atoms. The third-order valence-corrected chi connectivity index (χ3v) is 4.55. The van der Waals surface area contributed by atoms with Crippen molar-refractivity contribution < 1.29 is 4.74 Å². The SMILES string of the molecule is Cc1ccc(COc2cc(CSc3ccccc3)nc(C)n2)cc1. The van der Waals surface area contributed by atoms with Crippen LogP contribution in [0.3, 0.4) is 0 Å². The van der Waals surface area contributed by atoms with Crippen molar-refractivity contribution in [2.75, 3.05) is 0 Å². The van der Waals surface area contributed by atoms with Gasteiger partial charge in [-0.1, -0.05) is 48.0 Å². The van der Waals surface area contributed by atoms with Gasteiger partial charge in [0.15, 0.2) is 0 Å². The summed E-state index contributed by atoms with van der Waals surface area (Å²) in [6, 6.07) is 20.6. The minimum absolute atomic E-state index is 0.516. The standard InChI is InChI=1S/C20H20N2OS/c1-15-8-10-17(11-9-15)13-23-20-12-18(21-16(2)22-20)14-24-19-6-4-3-5-7-19/h3-12H,13-14H2,1-2H3. The Morgan fingerprint density at radius 1 is 0.917 bits per heavy atom. The summed E-state index contributed by atoms with van der Waals surface area (Å²) in [5, 5.41) is 0. The van der Waals surface area contributed by atoms with Crippen molar-refractivity contribution in [3.63, 3.8) is 0 Å². The summed E-state index contributed by atoms with van der Waals surface area (Å²) >= 11 is 1.76. The number of benzene rings is 2. The molecule has 1 aromatic heterocycles. The topological polar surface area (TPSA) is 35.0 Å². The molecule has 3 rings (SSSR count). The Morgan fingerprint density at radius 3 is 2.42 bits per heavy atom. The van der Waals surface area contributed by atoms with Crippen molar-refractivity contribution >= 4 is 11.8 Å². The average Bonchev–Trinajstić information content (AvgIpc) is 2.60. The number of aryl methyl sites for hydroxylation is 2. The van der Waals surface area contributed by atoms with Gasteiger partial charge in [-0.05, 0) is 31.5 Å². The van der Waals surface area contributed by atoms with Gasteiger partial charge >= 0.3 is 0 Å². The van der Waals surface area contributed by atoms with Crippen molar-refractivity contribution in [2.24, 2.45) is 0 Å². The highest BCUT2D eigenvalue weighted by Crippen LogP contribution is 2.23. The largest absolute Gasteiger partial charge is 0.473 e. The quantitative estimate of drug-likeness (QED) is 0.596. The van der Waals surface area contributed by atoms with Crippen LogP contribution in [0.2, 0.25) is 0 Å². The van der Waals surface area contributed by atoms with Gasteiger partial charge in [0.1, 0.15) is 12.4 Å². The molecule has 0 N–H and O–H groups in total. The van der Waals surface area contributed by atoms with Gasteiger partial charge in [0.05, 0.1) is 5.69 Å². The molecule has 3 nitrogen and oxygen atoms in total. The van der Waals surface area contributed by atoms with Gasteiger partial charge in [-0.2, -0.15) is 4.98 Å². The molecule has 2 aromatic carbocycles. The Kier molecular flexibility index (Phi) is 5.49. The lowest BCUT2D eigenvalue weighted by atomic mass is 10.2. The maximum absolute atomic E-state index is 5.85. The normalized spacial score (nSPS) is 10.6. The fourth-order valence-electron chi connectivity index (χ4n) is 2.26. The van der Waals surface area contributed by atoms with Crippen LogP contribution in [0.1, 0.15) is 22.6 Å². The molecule has 0 bridgehead atoms. The molecular formula is C20H20N2OS. The smallest absolute Gasteiger partial charge is 0.217 e. The lowest BCUT2D eigenvalue weighted by Gasteiger charge is -2.08. The molecule has 0 atom stereocenters. The van der Waals surface area contributed by atoms with Gasteiger partial charge in [-0.25, -0.2) is 4.98 Å². The molecule has 0 amide bonds. The van der Waals surface area contributed by atoms with Crippen molar-refractivity contribution in [3.05, 3.63) is 83.3 Å². The van der Waals surface area contributed by atoms with Crippen LogP contribution < -0.4 is 4.74 Å². The first kappa shape index (κ1) is 16.5. The van der Waals surface area contributed by atoms with Crippen LogP contribution in [0.5, 0.6) is 5.88 Å². The molecule has 0 saturated carbocycles. The highest BCUT2D eigenvalue weighted by atomic mass is 32.2. The van der Waals surface area contributed by atoms with Crippen molar-refractivity contribution in [3.8, 4) is 5.88 Å². The second-order valence-corrected chi connectivity index (χ2v) is 6.67. The third kappa shape index (κ3) is 4.83. The predicted octanol–water partition coefficient (Wildman–Crippen LogP) is 4.96. The molecule has 0 fully saturated rings. The second kappa shape index (κ2) is 7.97. The Hall–Kier alpha value is -2.33. The summed E-state index contributed by atoms with van der Waals surface area (Å²) in [4.78, 5) is 10.1. The van der Waals surface area contributed by atoms with E-state index in [2.05, 4.69) is 53.3 Å². The van der Waals surface area contributed by atoms with E-state index in [9.17, 15) is 0 Å². The number of thioether (sulfide) groups is 1. The minimum Gasteiger partial charge on any atom is -0.473 e. The maximum atomic E-state index is 5.85. The zero-order valence-electron chi connectivity index (χ0n) is 13.9. The van der Waals surface area contributed by atoms with Crippen LogP contribution in [0, 0.1) is 13.8 Å². The first-order valence-electron chi connectivity index (χ1n) is 7.90. The minimum atomic E-state index is 0.516. The van der Waals surface area contributed by atoms with Crippen LogP contribution in [-0.2, 0) is 12.4 Å². The highest BCUT2D eigenvalue weighted by Gasteiger charge is 2.05. The molecule has 0 unspecified atom stereocenters. The van der Waals surface area contributed by atoms with Crippen LogP contribution >= 0.6 is 11.8 Å². The number of aromatic nitrogens is 2. The van der Waals surface area contributed by atoms with Crippen LogP contribution in [0.4, 0.5) is 0 Å². The fraction of sp³-hybridized carbons (Fsp3) is 0.200. The lowest BCUT2D eigenvalue weighted by molar-refractivity contribution is 0.292. The van der Waals surface area contributed by atoms with Crippen molar-refractivity contribution in [2.45, 2.75) is 31.1 Å². The van der Waals surface area contributed by atoms with Crippen molar-refractivity contribution in [1.82, 2.24) is 9.97 Å². The number of nitrogens with zero attached hydrogens (tertiary/aromatic N) is 2. The third-order valence-electron chi connectivity index (χ3n) is 3.50. The Morgan fingerprint density at radius 2 is 1.67 bits per heavy atom. The fourth-order valence-corrected chi connectivity index (χ4v) is 3.07. The highest BCUT2D eigenvalue weighted by molar-refractivity contribution is 7.98. The number of ether oxygens (including phenoxy) is 1. The van der Waals surface area contributed by atoms with Crippen LogP contribution in [0.15, 0.2) is 65.6 Å². The van der Waals surface area contributed by atoms with Crippen molar-refractivity contribution in [1.29, 1.82) is 0 Å². The Balaban J connectivity index is 1.63. The van der Waals surface area contributed by atoms with Gasteiger partial charge in [0.25, 0.3) is 0 Å². The van der Waals surface area contributed by atoms with Gasteiger partial charge in [0, 0.05) is 16.7 Å². The summed E-state index contributed by atoms with van der Waals surface area (Å²) in [5.74, 6) is 2.17. The lowest BCUT2D eigenvalue weighted by Crippen LogP contribution is -2.01. The Bertz CT molecular complexity index is 788. The van der Waals surface area contributed by atoms with E-state index in [0.29, 0.717) is 12.5 Å². The molecular weight excluding hydrogens is 316 g/mol. The first-order valence-corrected chi connectivity index (χ1v) is 8.88. The molecule has 0 spiro atoms. The molecule has 0 aliphatic rings. The van der Waals surface area contributed by atoms with E-state index in [0.717, 1.165) is 22.8 Å². The first-order chi connectivity index (χ1) is 11.7. The van der Waals surface area contributed by atoms with Gasteiger partial charge in [-0.15, -0.1) is 11.8 Å². The van der Waals surface area contributed by atoms with E-state index in [1.54, 1.807) is 11.8 Å². The molecule has 0 radical (unpaired) electrons. The summed E-state index contributed by atoms with van der Waals surface area (Å²) in [6.45, 7) is 4.49. The summed E-state index contributed by atoms with van der Waals surface area (Å²) in [5.41, 5.74) is 3.36. The zero-order chi connectivity index (χ0) is 16.8. The van der Waals surface area contributed by atoms with E-state index in [1.807, 2.05) is 31.2 Å². The molecule has 3 aromatic rings. The molecule has 0 aliphatic carbocycles. The maximum Gasteiger partial charge on any atom is 0.217 e. The molecule has 0 saturated heterocycles. The van der Waals surface area contributed by atoms with E-state index in [4.69, 9.17) is 4.74 Å². The zero-order valence-corrected chi connectivity index (χ0v) is 14.7. The Labute approximate surface area is 147 Å². The van der Waals surface area contributed by atoms with Gasteiger partial charge < -0.3 is 4.74 Å².